The van der Waals surface area contributed by atoms with Crippen LogP contribution in [-0.4, -0.2) is 35.1 Å². The molecule has 0 saturated heterocycles. The average molecular weight is 340 g/mol. The van der Waals surface area contributed by atoms with Gasteiger partial charge in [-0.3, -0.25) is 0 Å². The lowest BCUT2D eigenvalue weighted by Crippen LogP contribution is -2.06. The van der Waals surface area contributed by atoms with Crippen molar-refractivity contribution in [1.82, 2.24) is 24.7 Å². The molecule has 0 amide bonds. The number of para-hydroxylation sites is 2. The molecule has 0 spiro atoms. The zero-order chi connectivity index (χ0) is 17.3. The smallest absolute Gasteiger partial charge is 0.191 e. The molecule has 0 unspecified atom stereocenters. The van der Waals surface area contributed by atoms with Crippen molar-refractivity contribution in [2.24, 2.45) is 7.05 Å². The van der Waals surface area contributed by atoms with Crippen molar-refractivity contribution in [1.29, 1.82) is 5.26 Å². The summed E-state index contributed by atoms with van der Waals surface area (Å²) >= 11 is 1.33. The molecule has 0 bridgehead atoms. The van der Waals surface area contributed by atoms with Gasteiger partial charge in [0.1, 0.15) is 23.2 Å². The van der Waals surface area contributed by atoms with Crippen LogP contribution in [0.2, 0.25) is 0 Å². The molecular weight excluding hydrogens is 324 g/mol. The molecule has 3 rings (SSSR count). The summed E-state index contributed by atoms with van der Waals surface area (Å²) in [7, 11) is 1.86. The Morgan fingerprint density at radius 1 is 1.38 bits per heavy atom. The highest BCUT2D eigenvalue weighted by Gasteiger charge is 2.21. The number of aliphatic hydroxyl groups is 1. The van der Waals surface area contributed by atoms with Crippen molar-refractivity contribution in [3.05, 3.63) is 41.7 Å². The summed E-state index contributed by atoms with van der Waals surface area (Å²) < 4.78 is 1.84. The first-order valence-corrected chi connectivity index (χ1v) is 8.20. The van der Waals surface area contributed by atoms with Gasteiger partial charge in [0.15, 0.2) is 11.0 Å². The number of aliphatic hydroxyl groups excluding tert-OH is 1. The molecule has 2 N–H and O–H groups in total. The third-order valence-corrected chi connectivity index (χ3v) is 4.86. The van der Waals surface area contributed by atoms with E-state index in [2.05, 4.69) is 20.2 Å². The van der Waals surface area contributed by atoms with Crippen molar-refractivity contribution in [2.45, 2.75) is 24.3 Å². The number of thioether (sulfide) groups is 1. The second-order valence-electron chi connectivity index (χ2n) is 5.32. The summed E-state index contributed by atoms with van der Waals surface area (Å²) in [5.74, 6) is 1.10. The van der Waals surface area contributed by atoms with Crippen LogP contribution in [0.3, 0.4) is 0 Å². The van der Waals surface area contributed by atoms with E-state index in [9.17, 15) is 10.4 Å². The number of H-pyrrole nitrogens is 1. The molecule has 24 heavy (non-hydrogen) atoms. The number of aromatic nitrogens is 5. The third kappa shape index (κ3) is 2.86. The van der Waals surface area contributed by atoms with Crippen molar-refractivity contribution in [3.63, 3.8) is 0 Å². The van der Waals surface area contributed by atoms with Gasteiger partial charge < -0.3 is 14.7 Å². The van der Waals surface area contributed by atoms with Crippen LogP contribution in [0.4, 0.5) is 0 Å². The van der Waals surface area contributed by atoms with E-state index >= 15 is 0 Å². The van der Waals surface area contributed by atoms with Crippen molar-refractivity contribution in [3.8, 4) is 6.07 Å². The minimum atomic E-state index is -0.366. The van der Waals surface area contributed by atoms with Gasteiger partial charge in [-0.15, -0.1) is 10.2 Å². The number of hydrogen-bond acceptors (Lipinski definition) is 6. The Kier molecular flexibility index (Phi) is 4.27. The molecule has 122 valence electrons. The number of allylic oxidation sites excluding steroid dienone is 1. The molecule has 2 aromatic heterocycles. The monoisotopic (exact) mass is 340 g/mol. The van der Waals surface area contributed by atoms with Crippen LogP contribution in [0.1, 0.15) is 18.6 Å². The Balaban J connectivity index is 1.94. The van der Waals surface area contributed by atoms with Gasteiger partial charge in [-0.05, 0) is 26.0 Å². The molecule has 0 saturated carbocycles. The largest absolute Gasteiger partial charge is 0.510 e. The molecule has 8 heteroatoms. The Morgan fingerprint density at radius 2 is 2.12 bits per heavy atom. The van der Waals surface area contributed by atoms with Gasteiger partial charge >= 0.3 is 0 Å². The maximum Gasteiger partial charge on any atom is 0.191 e. The highest BCUT2D eigenvalue weighted by molar-refractivity contribution is 7.99. The number of rotatable bonds is 4. The van der Waals surface area contributed by atoms with E-state index in [1.807, 2.05) is 55.8 Å². The molecule has 1 atom stereocenters. The molecule has 7 nitrogen and oxygen atoms in total. The number of imidazole rings is 1. The van der Waals surface area contributed by atoms with Gasteiger partial charge in [-0.25, -0.2) is 4.98 Å². The van der Waals surface area contributed by atoms with Crippen LogP contribution >= 0.6 is 11.8 Å². The first kappa shape index (κ1) is 16.1. The molecule has 0 aliphatic rings. The molecule has 2 heterocycles. The first-order chi connectivity index (χ1) is 11.5. The van der Waals surface area contributed by atoms with E-state index in [0.29, 0.717) is 11.0 Å². The van der Waals surface area contributed by atoms with E-state index in [0.717, 1.165) is 16.9 Å². The first-order valence-electron chi connectivity index (χ1n) is 7.32. The predicted molar refractivity (Wildman–Crippen MR) is 92.3 cm³/mol. The second-order valence-corrected chi connectivity index (χ2v) is 6.63. The molecule has 0 radical (unpaired) electrons. The highest BCUT2D eigenvalue weighted by Crippen LogP contribution is 2.29. The summed E-state index contributed by atoms with van der Waals surface area (Å²) in [5.41, 5.74) is 1.69. The van der Waals surface area contributed by atoms with Crippen molar-refractivity contribution in [2.75, 3.05) is 0 Å². The minimum absolute atomic E-state index is 0.0396. The lowest BCUT2D eigenvalue weighted by atomic mass is 10.2. The topological polar surface area (TPSA) is 103 Å². The fourth-order valence-electron chi connectivity index (χ4n) is 2.21. The fraction of sp³-hybridized carbons (Fsp3) is 0.250. The number of nitriles is 1. The highest BCUT2D eigenvalue weighted by atomic mass is 32.2. The summed E-state index contributed by atoms with van der Waals surface area (Å²) in [6.07, 6.45) is 0. The van der Waals surface area contributed by atoms with E-state index in [-0.39, 0.29) is 16.6 Å². The number of aryl methyl sites for hydroxylation is 1. The van der Waals surface area contributed by atoms with E-state index in [1.165, 1.54) is 11.8 Å². The lowest BCUT2D eigenvalue weighted by Gasteiger charge is -2.11. The van der Waals surface area contributed by atoms with Gasteiger partial charge in [0.2, 0.25) is 0 Å². The van der Waals surface area contributed by atoms with Gasteiger partial charge in [0.25, 0.3) is 0 Å². The van der Waals surface area contributed by atoms with Crippen LogP contribution in [0.25, 0.3) is 16.6 Å². The van der Waals surface area contributed by atoms with Crippen LogP contribution in [0, 0.1) is 18.3 Å². The number of nitrogens with zero attached hydrogens (tertiary/aromatic N) is 5. The molecule has 0 aliphatic carbocycles. The summed E-state index contributed by atoms with van der Waals surface area (Å²) in [5, 5.41) is 28.4. The molecule has 3 aromatic rings. The van der Waals surface area contributed by atoms with Crippen LogP contribution in [-0.2, 0) is 7.05 Å². The third-order valence-electron chi connectivity index (χ3n) is 3.71. The Labute approximate surface area is 143 Å². The van der Waals surface area contributed by atoms with Crippen LogP contribution in [0.15, 0.2) is 35.2 Å². The zero-order valence-electron chi connectivity index (χ0n) is 13.5. The maximum absolute atomic E-state index is 10.5. The number of aromatic amines is 1. The second kappa shape index (κ2) is 6.37. The summed E-state index contributed by atoms with van der Waals surface area (Å²) in [6, 6.07) is 9.52. The van der Waals surface area contributed by atoms with Gasteiger partial charge in [-0.1, -0.05) is 23.9 Å². The van der Waals surface area contributed by atoms with Crippen molar-refractivity contribution < 1.29 is 5.11 Å². The minimum Gasteiger partial charge on any atom is -0.510 e. The molecule has 0 aliphatic heterocycles. The van der Waals surface area contributed by atoms with E-state index < -0.39 is 0 Å². The normalized spacial score (nSPS) is 13.6. The number of hydrogen-bond donors (Lipinski definition) is 2. The quantitative estimate of drug-likeness (QED) is 0.430. The maximum atomic E-state index is 10.5. The fourth-order valence-corrected chi connectivity index (χ4v) is 3.13. The molecular formula is C16H16N6OS. The Morgan fingerprint density at radius 3 is 2.75 bits per heavy atom. The van der Waals surface area contributed by atoms with Crippen molar-refractivity contribution >= 4 is 28.4 Å². The summed E-state index contributed by atoms with van der Waals surface area (Å²) in [4.78, 5) is 7.45. The SMILES string of the molecule is Cc1nnc(S[C@@H](C)/C(O)=C(\C#N)c2nc3ccccc3[nH]2)n1C. The average Bonchev–Trinajstić information content (AvgIpc) is 3.13. The predicted octanol–water partition coefficient (Wildman–Crippen LogP) is 2.97. The van der Waals surface area contributed by atoms with E-state index in [4.69, 9.17) is 0 Å². The summed E-state index contributed by atoms with van der Waals surface area (Å²) in [6.45, 7) is 3.66. The number of nitrogens with one attached hydrogen (secondary N) is 1. The van der Waals surface area contributed by atoms with Crippen LogP contribution < -0.4 is 0 Å². The Bertz CT molecular complexity index is 932. The Hall–Kier alpha value is -2.79. The lowest BCUT2D eigenvalue weighted by molar-refractivity contribution is 0.401. The van der Waals surface area contributed by atoms with Crippen LogP contribution in [0.5, 0.6) is 0 Å². The number of fused-ring (bicyclic) bond motifs is 1. The number of benzene rings is 1. The standard InChI is InChI=1S/C16H16N6OS/c1-9(24-16-21-20-10(2)22(16)3)14(23)11(8-17)15-18-12-6-4-5-7-13(12)19-15/h4-7,9,23H,1-3H3,(H,18,19)/b14-11-/t9-/m0/s1. The molecule has 0 fully saturated rings. The van der Waals surface area contributed by atoms with Gasteiger partial charge in [-0.2, -0.15) is 5.26 Å². The van der Waals surface area contributed by atoms with Gasteiger partial charge in [0.05, 0.1) is 16.3 Å². The molecule has 1 aromatic carbocycles. The van der Waals surface area contributed by atoms with E-state index in [1.54, 1.807) is 0 Å². The zero-order valence-corrected chi connectivity index (χ0v) is 14.3. The van der Waals surface area contributed by atoms with Gasteiger partial charge in [0, 0.05) is 7.05 Å².